The summed E-state index contributed by atoms with van der Waals surface area (Å²) in [5.41, 5.74) is -2.70. The van der Waals surface area contributed by atoms with E-state index in [2.05, 4.69) is 27.4 Å². The Kier molecular flexibility index (Phi) is 5.64. The molecule has 1 N–H and O–H groups in total. The SMILES string of the molecule is COc1cncc(-c2cc(NC(=O)N3[C@@H]4C[C@@H](C)CC3(c3nnc(C)o3)C4)c(F)cc2C(F)(F)F)c1. The Morgan fingerprint density at radius 1 is 1.22 bits per heavy atom. The summed E-state index contributed by atoms with van der Waals surface area (Å²) in [5, 5.41) is 10.5. The van der Waals surface area contributed by atoms with Crippen LogP contribution < -0.4 is 10.1 Å². The number of piperidine rings is 1. The van der Waals surface area contributed by atoms with Gasteiger partial charge in [-0.3, -0.25) is 4.98 Å². The lowest BCUT2D eigenvalue weighted by molar-refractivity contribution is -0.137. The second-order valence-corrected chi connectivity index (χ2v) is 9.35. The van der Waals surface area contributed by atoms with Crippen molar-refractivity contribution in [1.29, 1.82) is 0 Å². The maximum absolute atomic E-state index is 14.9. The van der Waals surface area contributed by atoms with Crippen LogP contribution in [0.15, 0.2) is 35.0 Å². The number of benzene rings is 1. The fourth-order valence-corrected chi connectivity index (χ4v) is 5.43. The maximum atomic E-state index is 14.9. The number of methoxy groups -OCH3 is 1. The molecule has 2 amide bonds. The molecule has 3 atom stereocenters. The van der Waals surface area contributed by atoms with E-state index in [4.69, 9.17) is 9.15 Å². The van der Waals surface area contributed by atoms with E-state index in [1.54, 1.807) is 11.8 Å². The van der Waals surface area contributed by atoms with Gasteiger partial charge in [-0.2, -0.15) is 13.2 Å². The monoisotopic (exact) mass is 505 g/mol. The number of halogens is 4. The molecule has 2 aliphatic rings. The third-order valence-corrected chi connectivity index (χ3v) is 6.82. The van der Waals surface area contributed by atoms with Crippen LogP contribution in [-0.2, 0) is 11.7 Å². The lowest BCUT2D eigenvalue weighted by atomic mass is 9.64. The van der Waals surface area contributed by atoms with E-state index in [1.165, 1.54) is 25.6 Å². The number of aromatic nitrogens is 3. The predicted octanol–water partition coefficient (Wildman–Crippen LogP) is 5.54. The van der Waals surface area contributed by atoms with Crippen LogP contribution in [0.3, 0.4) is 0 Å². The molecule has 3 aromatic rings. The molecule has 5 rings (SSSR count). The number of aryl methyl sites for hydroxylation is 1. The summed E-state index contributed by atoms with van der Waals surface area (Å²) in [5.74, 6) is -0.0393. The summed E-state index contributed by atoms with van der Waals surface area (Å²) in [4.78, 5) is 18.8. The maximum Gasteiger partial charge on any atom is 0.417 e. The van der Waals surface area contributed by atoms with Crippen molar-refractivity contribution in [2.75, 3.05) is 12.4 Å². The minimum Gasteiger partial charge on any atom is -0.495 e. The number of alkyl halides is 3. The molecule has 0 spiro atoms. The number of anilines is 1. The van der Waals surface area contributed by atoms with Gasteiger partial charge < -0.3 is 19.4 Å². The summed E-state index contributed by atoms with van der Waals surface area (Å²) in [6.07, 6.45) is -0.363. The first kappa shape index (κ1) is 24.0. The molecular formula is C24H23F4N5O3. The molecule has 2 aromatic heterocycles. The van der Waals surface area contributed by atoms with Gasteiger partial charge in [-0.1, -0.05) is 6.92 Å². The van der Waals surface area contributed by atoms with Crippen LogP contribution in [0.5, 0.6) is 5.75 Å². The Balaban J connectivity index is 1.51. The predicted molar refractivity (Wildman–Crippen MR) is 120 cm³/mol. The Bertz CT molecular complexity index is 1330. The summed E-state index contributed by atoms with van der Waals surface area (Å²) in [7, 11) is 1.35. The molecule has 8 nitrogen and oxygen atoms in total. The van der Waals surface area contributed by atoms with E-state index in [0.717, 1.165) is 12.5 Å². The van der Waals surface area contributed by atoms with Crippen molar-refractivity contribution in [2.24, 2.45) is 5.92 Å². The first-order valence-corrected chi connectivity index (χ1v) is 11.3. The fraction of sp³-hybridized carbons (Fsp3) is 0.417. The van der Waals surface area contributed by atoms with Gasteiger partial charge >= 0.3 is 12.2 Å². The van der Waals surface area contributed by atoms with Gasteiger partial charge in [0.25, 0.3) is 0 Å². The quantitative estimate of drug-likeness (QED) is 0.468. The number of nitrogens with one attached hydrogen (secondary N) is 1. The molecule has 36 heavy (non-hydrogen) atoms. The number of amides is 2. The molecule has 12 heteroatoms. The molecule has 2 aliphatic heterocycles. The van der Waals surface area contributed by atoms with Crippen LogP contribution in [0.4, 0.5) is 28.0 Å². The molecule has 190 valence electrons. The third-order valence-electron chi connectivity index (χ3n) is 6.82. The highest BCUT2D eigenvalue weighted by Crippen LogP contribution is 2.55. The number of carbonyl (C=O) groups is 1. The smallest absolute Gasteiger partial charge is 0.417 e. The van der Waals surface area contributed by atoms with Crippen molar-refractivity contribution in [1.82, 2.24) is 20.1 Å². The van der Waals surface area contributed by atoms with Crippen LogP contribution in [0, 0.1) is 18.7 Å². The number of fused-ring (bicyclic) bond motifs is 2. The molecule has 0 saturated carbocycles. The lowest BCUT2D eigenvalue weighted by Gasteiger charge is -2.61. The summed E-state index contributed by atoms with van der Waals surface area (Å²) < 4.78 is 67.0. The Hall–Kier alpha value is -3.70. The van der Waals surface area contributed by atoms with E-state index in [-0.39, 0.29) is 34.5 Å². The van der Waals surface area contributed by atoms with Gasteiger partial charge in [0.2, 0.25) is 11.8 Å². The summed E-state index contributed by atoms with van der Waals surface area (Å²) in [6, 6.07) is 1.91. The first-order chi connectivity index (χ1) is 17.0. The van der Waals surface area contributed by atoms with Gasteiger partial charge in [0.1, 0.15) is 17.1 Å². The summed E-state index contributed by atoms with van der Waals surface area (Å²) >= 11 is 0. The van der Waals surface area contributed by atoms with E-state index < -0.39 is 29.1 Å². The normalized spacial score (nSPS) is 23.2. The average molecular weight is 505 g/mol. The zero-order chi connectivity index (χ0) is 25.8. The number of pyridine rings is 1. The highest BCUT2D eigenvalue weighted by atomic mass is 19.4. The van der Waals surface area contributed by atoms with Crippen LogP contribution in [0.1, 0.15) is 43.5 Å². The van der Waals surface area contributed by atoms with Gasteiger partial charge in [0.05, 0.1) is 24.6 Å². The molecule has 4 heterocycles. The standard InChI is InChI=1S/C24H23F4N5O3/c1-12-4-15-9-23(8-12,21-32-31-13(2)36-21)33(15)22(34)30-20-6-17(14-5-16(35-3)11-29-10-14)18(7-19(20)25)24(26,27)28/h5-7,10-12,15H,4,8-9H2,1-3H3,(H,30,34)/t12-,15-,23?/m1/s1. The van der Waals surface area contributed by atoms with E-state index in [0.29, 0.717) is 30.7 Å². The van der Waals surface area contributed by atoms with E-state index in [9.17, 15) is 22.4 Å². The molecule has 0 aliphatic carbocycles. The zero-order valence-corrected chi connectivity index (χ0v) is 19.7. The van der Waals surface area contributed by atoms with Crippen LogP contribution in [-0.4, -0.2) is 39.3 Å². The third kappa shape index (κ3) is 3.94. The molecule has 0 radical (unpaired) electrons. The van der Waals surface area contributed by atoms with Crippen LogP contribution >= 0.6 is 0 Å². The minimum absolute atomic E-state index is 0.0598. The number of hydrogen-bond donors (Lipinski definition) is 1. The van der Waals surface area contributed by atoms with Gasteiger partial charge in [-0.15, -0.1) is 10.2 Å². The molecule has 1 aromatic carbocycles. The number of hydrogen-bond acceptors (Lipinski definition) is 6. The Morgan fingerprint density at radius 3 is 2.67 bits per heavy atom. The lowest BCUT2D eigenvalue weighted by Crippen LogP contribution is -2.70. The van der Waals surface area contributed by atoms with Gasteiger partial charge in [-0.25, -0.2) is 9.18 Å². The van der Waals surface area contributed by atoms with Crippen molar-refractivity contribution in [3.8, 4) is 16.9 Å². The van der Waals surface area contributed by atoms with Crippen molar-refractivity contribution >= 4 is 11.7 Å². The molecule has 1 unspecified atom stereocenters. The number of ether oxygens (including phenoxy) is 1. The molecule has 2 fully saturated rings. The number of urea groups is 1. The van der Waals surface area contributed by atoms with Crippen molar-refractivity contribution < 1.29 is 31.5 Å². The van der Waals surface area contributed by atoms with Crippen molar-refractivity contribution in [3.63, 3.8) is 0 Å². The molecule has 2 bridgehead atoms. The first-order valence-electron chi connectivity index (χ1n) is 11.3. The Morgan fingerprint density at radius 2 is 2.00 bits per heavy atom. The average Bonchev–Trinajstić information content (AvgIpc) is 3.25. The zero-order valence-electron chi connectivity index (χ0n) is 19.7. The topological polar surface area (TPSA) is 93.4 Å². The van der Waals surface area contributed by atoms with Gasteiger partial charge in [0, 0.05) is 31.1 Å². The van der Waals surface area contributed by atoms with Crippen molar-refractivity contribution in [2.45, 2.75) is 50.9 Å². The minimum atomic E-state index is -4.84. The summed E-state index contributed by atoms with van der Waals surface area (Å²) in [6.45, 7) is 3.70. The highest BCUT2D eigenvalue weighted by Gasteiger charge is 2.62. The van der Waals surface area contributed by atoms with Crippen LogP contribution in [0.2, 0.25) is 0 Å². The second-order valence-electron chi connectivity index (χ2n) is 9.35. The largest absolute Gasteiger partial charge is 0.495 e. The Labute approximate surface area is 203 Å². The van der Waals surface area contributed by atoms with E-state index >= 15 is 0 Å². The van der Waals surface area contributed by atoms with Crippen LogP contribution in [0.25, 0.3) is 11.1 Å². The molecule has 2 saturated heterocycles. The fourth-order valence-electron chi connectivity index (χ4n) is 5.43. The van der Waals surface area contributed by atoms with Crippen molar-refractivity contribution in [3.05, 3.63) is 53.8 Å². The highest BCUT2D eigenvalue weighted by molar-refractivity contribution is 5.92. The van der Waals surface area contributed by atoms with Gasteiger partial charge in [0.15, 0.2) is 0 Å². The van der Waals surface area contributed by atoms with Gasteiger partial charge in [-0.05, 0) is 42.5 Å². The second kappa shape index (κ2) is 8.45. The number of nitrogens with zero attached hydrogens (tertiary/aromatic N) is 4. The molecular weight excluding hydrogens is 482 g/mol. The number of rotatable bonds is 4. The number of carbonyl (C=O) groups excluding carboxylic acids is 1. The van der Waals surface area contributed by atoms with E-state index in [1.807, 2.05) is 0 Å².